The number of aliphatic carboxylic acids is 1. The summed E-state index contributed by atoms with van der Waals surface area (Å²) in [5.41, 5.74) is -0.541. The molecule has 0 saturated carbocycles. The van der Waals surface area contributed by atoms with E-state index in [1.54, 1.807) is 0 Å². The van der Waals surface area contributed by atoms with Crippen LogP contribution in [0.25, 0.3) is 0 Å². The second kappa shape index (κ2) is 4.50. The lowest BCUT2D eigenvalue weighted by Gasteiger charge is -2.01. The normalized spacial score (nSPS) is 9.93. The van der Waals surface area contributed by atoms with Crippen LogP contribution in [0.15, 0.2) is 18.2 Å². The first-order chi connectivity index (χ1) is 7.02. The average Bonchev–Trinajstić information content (AvgIpc) is 2.13. The van der Waals surface area contributed by atoms with Crippen molar-refractivity contribution in [2.75, 3.05) is 0 Å². The van der Waals surface area contributed by atoms with Crippen LogP contribution in [0.4, 0.5) is 10.1 Å². The van der Waals surface area contributed by atoms with Gasteiger partial charge in [0.05, 0.1) is 4.92 Å². The molecule has 1 rings (SSSR count). The summed E-state index contributed by atoms with van der Waals surface area (Å²) >= 11 is 0. The molecule has 0 heterocycles. The Labute approximate surface area is 84.3 Å². The number of halogens is 1. The second-order valence-electron chi connectivity index (χ2n) is 2.90. The Morgan fingerprint density at radius 2 is 2.20 bits per heavy atom. The van der Waals surface area contributed by atoms with Crippen molar-refractivity contribution in [3.8, 4) is 0 Å². The number of carbonyl (C=O) groups is 1. The Balaban J connectivity index is 3.01. The van der Waals surface area contributed by atoms with Gasteiger partial charge in [-0.3, -0.25) is 14.9 Å². The molecule has 1 N–H and O–H groups in total. The van der Waals surface area contributed by atoms with Crippen molar-refractivity contribution < 1.29 is 19.2 Å². The highest BCUT2D eigenvalue weighted by atomic mass is 19.1. The lowest BCUT2D eigenvalue weighted by molar-refractivity contribution is -0.388. The van der Waals surface area contributed by atoms with Gasteiger partial charge in [-0.15, -0.1) is 0 Å². The Morgan fingerprint density at radius 1 is 1.53 bits per heavy atom. The molecule has 0 atom stereocenters. The molecule has 0 radical (unpaired) electrons. The average molecular weight is 213 g/mol. The first kappa shape index (κ1) is 11.1. The Morgan fingerprint density at radius 3 is 2.73 bits per heavy atom. The zero-order valence-corrected chi connectivity index (χ0v) is 7.64. The first-order valence-electron chi connectivity index (χ1n) is 4.16. The summed E-state index contributed by atoms with van der Waals surface area (Å²) < 4.78 is 13.0. The van der Waals surface area contributed by atoms with Crippen LogP contribution in [0.3, 0.4) is 0 Å². The van der Waals surface area contributed by atoms with Crippen LogP contribution in [0.5, 0.6) is 0 Å². The highest BCUT2D eigenvalue weighted by molar-refractivity contribution is 5.67. The van der Waals surface area contributed by atoms with Gasteiger partial charge in [0.15, 0.2) is 0 Å². The van der Waals surface area contributed by atoms with E-state index in [1.165, 1.54) is 12.1 Å². The van der Waals surface area contributed by atoms with Gasteiger partial charge in [-0.25, -0.2) is 0 Å². The molecule has 0 saturated heterocycles. The highest BCUT2D eigenvalue weighted by Gasteiger charge is 2.19. The fraction of sp³-hybridized carbons (Fsp3) is 0.222. The molecule has 0 unspecified atom stereocenters. The van der Waals surface area contributed by atoms with Crippen molar-refractivity contribution in [2.45, 2.75) is 12.8 Å². The summed E-state index contributed by atoms with van der Waals surface area (Å²) in [4.78, 5) is 19.9. The van der Waals surface area contributed by atoms with E-state index in [1.807, 2.05) is 0 Å². The third kappa shape index (κ3) is 2.73. The first-order valence-corrected chi connectivity index (χ1v) is 4.16. The van der Waals surface area contributed by atoms with Crippen molar-refractivity contribution >= 4 is 11.7 Å². The number of hydrogen-bond donors (Lipinski definition) is 1. The van der Waals surface area contributed by atoms with Gasteiger partial charge in [-0.05, 0) is 12.5 Å². The minimum atomic E-state index is -1.08. The maximum absolute atomic E-state index is 13.0. The summed E-state index contributed by atoms with van der Waals surface area (Å²) in [6.45, 7) is 0. The number of nitrogens with zero attached hydrogens (tertiary/aromatic N) is 1. The maximum Gasteiger partial charge on any atom is 0.307 e. The molecule has 0 aliphatic carbocycles. The third-order valence-electron chi connectivity index (χ3n) is 1.86. The van der Waals surface area contributed by atoms with Crippen molar-refractivity contribution in [2.24, 2.45) is 0 Å². The fourth-order valence-electron chi connectivity index (χ4n) is 1.21. The number of aryl methyl sites for hydroxylation is 1. The number of carboxylic acids is 1. The number of para-hydroxylation sites is 1. The van der Waals surface area contributed by atoms with Crippen LogP contribution >= 0.6 is 0 Å². The zero-order valence-electron chi connectivity index (χ0n) is 7.64. The SMILES string of the molecule is O=C(O)CCc1cccc(F)c1[N+](=O)[O-]. The molecule has 15 heavy (non-hydrogen) atoms. The molecule has 0 aliphatic rings. The van der Waals surface area contributed by atoms with E-state index in [9.17, 15) is 19.3 Å². The molecule has 0 aliphatic heterocycles. The van der Waals surface area contributed by atoms with E-state index in [0.717, 1.165) is 6.07 Å². The number of benzene rings is 1. The number of carboxylic acid groups (broad SMARTS) is 1. The van der Waals surface area contributed by atoms with Gasteiger partial charge < -0.3 is 5.11 Å². The molecule has 6 heteroatoms. The predicted octanol–water partition coefficient (Wildman–Crippen LogP) is 1.75. The number of nitro benzene ring substituents is 1. The van der Waals surface area contributed by atoms with E-state index in [-0.39, 0.29) is 18.4 Å². The monoisotopic (exact) mass is 213 g/mol. The molecule has 0 spiro atoms. The van der Waals surface area contributed by atoms with Gasteiger partial charge in [-0.1, -0.05) is 12.1 Å². The molecular formula is C9H8FNO4. The number of nitro groups is 1. The smallest absolute Gasteiger partial charge is 0.307 e. The Kier molecular flexibility index (Phi) is 3.33. The van der Waals surface area contributed by atoms with Gasteiger partial charge in [0.1, 0.15) is 0 Å². The summed E-state index contributed by atoms with van der Waals surface area (Å²) in [5, 5.41) is 18.9. The molecule has 0 bridgehead atoms. The Bertz CT molecular complexity index is 405. The summed E-state index contributed by atoms with van der Waals surface area (Å²) in [7, 11) is 0. The van der Waals surface area contributed by atoms with Gasteiger partial charge >= 0.3 is 11.7 Å². The van der Waals surface area contributed by atoms with Gasteiger partial charge in [0, 0.05) is 12.0 Å². The lowest BCUT2D eigenvalue weighted by Crippen LogP contribution is -2.02. The molecule has 5 nitrogen and oxygen atoms in total. The minimum absolute atomic E-state index is 0.0522. The van der Waals surface area contributed by atoms with Crippen LogP contribution < -0.4 is 0 Å². The van der Waals surface area contributed by atoms with E-state index in [0.29, 0.717) is 0 Å². The van der Waals surface area contributed by atoms with E-state index in [2.05, 4.69) is 0 Å². The molecule has 1 aromatic carbocycles. The molecule has 0 amide bonds. The predicted molar refractivity (Wildman–Crippen MR) is 49.0 cm³/mol. The number of hydrogen-bond acceptors (Lipinski definition) is 3. The van der Waals surface area contributed by atoms with Crippen LogP contribution in [0.1, 0.15) is 12.0 Å². The zero-order chi connectivity index (χ0) is 11.4. The van der Waals surface area contributed by atoms with Gasteiger partial charge in [0.2, 0.25) is 5.82 Å². The van der Waals surface area contributed by atoms with Gasteiger partial charge in [-0.2, -0.15) is 4.39 Å². The van der Waals surface area contributed by atoms with Crippen molar-refractivity contribution in [3.63, 3.8) is 0 Å². The third-order valence-corrected chi connectivity index (χ3v) is 1.86. The minimum Gasteiger partial charge on any atom is -0.481 e. The van der Waals surface area contributed by atoms with E-state index in [4.69, 9.17) is 5.11 Å². The quantitative estimate of drug-likeness (QED) is 0.610. The van der Waals surface area contributed by atoms with Crippen LogP contribution in [-0.4, -0.2) is 16.0 Å². The van der Waals surface area contributed by atoms with Crippen LogP contribution in [-0.2, 0) is 11.2 Å². The summed E-state index contributed by atoms with van der Waals surface area (Å²) in [6.07, 6.45) is -0.312. The van der Waals surface area contributed by atoms with Crippen molar-refractivity contribution in [1.29, 1.82) is 0 Å². The van der Waals surface area contributed by atoms with Gasteiger partial charge in [0.25, 0.3) is 0 Å². The topological polar surface area (TPSA) is 80.4 Å². The lowest BCUT2D eigenvalue weighted by atomic mass is 10.1. The summed E-state index contributed by atoms with van der Waals surface area (Å²) in [5.74, 6) is -2.02. The van der Waals surface area contributed by atoms with Crippen LogP contribution in [0.2, 0.25) is 0 Å². The van der Waals surface area contributed by atoms with Crippen LogP contribution in [0, 0.1) is 15.9 Å². The molecule has 80 valence electrons. The second-order valence-corrected chi connectivity index (χ2v) is 2.90. The highest BCUT2D eigenvalue weighted by Crippen LogP contribution is 2.23. The van der Waals surface area contributed by atoms with E-state index >= 15 is 0 Å². The van der Waals surface area contributed by atoms with Crippen molar-refractivity contribution in [1.82, 2.24) is 0 Å². The molecule has 0 aromatic heterocycles. The molecule has 0 fully saturated rings. The summed E-state index contributed by atoms with van der Waals surface area (Å²) in [6, 6.07) is 3.64. The largest absolute Gasteiger partial charge is 0.481 e. The standard InChI is InChI=1S/C9H8FNO4/c10-7-3-1-2-6(4-5-8(12)13)9(7)11(14)15/h1-3H,4-5H2,(H,12,13). The van der Waals surface area contributed by atoms with Crippen molar-refractivity contribution in [3.05, 3.63) is 39.7 Å². The Hall–Kier alpha value is -1.98. The molecule has 1 aromatic rings. The molecular weight excluding hydrogens is 205 g/mol. The number of rotatable bonds is 4. The maximum atomic E-state index is 13.0. The fourth-order valence-corrected chi connectivity index (χ4v) is 1.21. The van der Waals surface area contributed by atoms with E-state index < -0.39 is 22.4 Å².